The highest BCUT2D eigenvalue weighted by molar-refractivity contribution is 7.99. The van der Waals surface area contributed by atoms with Gasteiger partial charge in [-0.05, 0) is 50.6 Å². The minimum atomic E-state index is 0.0319. The Balaban J connectivity index is 1.65. The van der Waals surface area contributed by atoms with Gasteiger partial charge in [-0.2, -0.15) is 0 Å². The summed E-state index contributed by atoms with van der Waals surface area (Å²) in [5.74, 6) is 7.79. The SMILES string of the molecule is CCOc1ccc(-c2nnc(SCC(=O)N(Cc3ccccc3)C(C)C)n2N)cc1. The van der Waals surface area contributed by atoms with Gasteiger partial charge in [0, 0.05) is 18.2 Å². The lowest BCUT2D eigenvalue weighted by Gasteiger charge is -2.26. The number of aromatic nitrogens is 3. The molecule has 0 saturated heterocycles. The van der Waals surface area contributed by atoms with Gasteiger partial charge in [-0.1, -0.05) is 42.1 Å². The molecule has 7 nitrogen and oxygen atoms in total. The standard InChI is InChI=1S/C22H27N5O2S/c1-4-29-19-12-10-18(11-13-19)21-24-25-22(27(21)23)30-15-20(28)26(16(2)3)14-17-8-6-5-7-9-17/h5-13,16H,4,14-15,23H2,1-3H3. The number of hydrogen-bond acceptors (Lipinski definition) is 6. The smallest absolute Gasteiger partial charge is 0.233 e. The zero-order valence-electron chi connectivity index (χ0n) is 17.5. The average molecular weight is 426 g/mol. The number of thioether (sulfide) groups is 1. The summed E-state index contributed by atoms with van der Waals surface area (Å²) in [6.07, 6.45) is 0. The Morgan fingerprint density at radius 3 is 2.47 bits per heavy atom. The summed E-state index contributed by atoms with van der Waals surface area (Å²) in [6.45, 7) is 7.15. The quantitative estimate of drug-likeness (QED) is 0.416. The van der Waals surface area contributed by atoms with E-state index in [0.29, 0.717) is 24.1 Å². The molecule has 0 atom stereocenters. The highest BCUT2D eigenvalue weighted by Crippen LogP contribution is 2.24. The fourth-order valence-corrected chi connectivity index (χ4v) is 3.73. The zero-order chi connectivity index (χ0) is 21.5. The van der Waals surface area contributed by atoms with Crippen molar-refractivity contribution in [3.05, 3.63) is 60.2 Å². The Bertz CT molecular complexity index is 957. The topological polar surface area (TPSA) is 86.3 Å². The maximum absolute atomic E-state index is 12.8. The molecule has 0 radical (unpaired) electrons. The molecule has 0 aliphatic rings. The number of rotatable bonds is 9. The molecule has 0 aliphatic heterocycles. The molecule has 1 amide bonds. The van der Waals surface area contributed by atoms with Crippen LogP contribution in [-0.4, -0.2) is 44.1 Å². The van der Waals surface area contributed by atoms with Crippen LogP contribution < -0.4 is 10.6 Å². The van der Waals surface area contributed by atoms with Crippen molar-refractivity contribution < 1.29 is 9.53 Å². The second-order valence-electron chi connectivity index (χ2n) is 7.02. The van der Waals surface area contributed by atoms with E-state index in [9.17, 15) is 4.79 Å². The van der Waals surface area contributed by atoms with Crippen LogP contribution >= 0.6 is 11.8 Å². The molecule has 158 valence electrons. The van der Waals surface area contributed by atoms with Gasteiger partial charge in [0.1, 0.15) is 5.75 Å². The molecular formula is C22H27N5O2S. The Labute approximate surface area is 181 Å². The predicted molar refractivity (Wildman–Crippen MR) is 120 cm³/mol. The minimum absolute atomic E-state index is 0.0319. The molecule has 1 aromatic heterocycles. The number of nitrogen functional groups attached to an aromatic ring is 1. The first-order chi connectivity index (χ1) is 14.5. The first kappa shape index (κ1) is 21.7. The van der Waals surface area contributed by atoms with Crippen LogP contribution in [0.4, 0.5) is 0 Å². The van der Waals surface area contributed by atoms with Crippen molar-refractivity contribution in [2.75, 3.05) is 18.2 Å². The van der Waals surface area contributed by atoms with Crippen molar-refractivity contribution in [3.8, 4) is 17.1 Å². The Morgan fingerprint density at radius 1 is 1.13 bits per heavy atom. The molecule has 1 heterocycles. The van der Waals surface area contributed by atoms with Gasteiger partial charge < -0.3 is 15.5 Å². The Morgan fingerprint density at radius 2 is 1.83 bits per heavy atom. The van der Waals surface area contributed by atoms with Crippen LogP contribution in [0.3, 0.4) is 0 Å². The molecule has 0 unspecified atom stereocenters. The monoisotopic (exact) mass is 425 g/mol. The number of amides is 1. The molecule has 0 fully saturated rings. The fourth-order valence-electron chi connectivity index (χ4n) is 2.99. The maximum Gasteiger partial charge on any atom is 0.233 e. The first-order valence-corrected chi connectivity index (χ1v) is 10.9. The van der Waals surface area contributed by atoms with Crippen molar-refractivity contribution in [1.29, 1.82) is 0 Å². The van der Waals surface area contributed by atoms with Crippen molar-refractivity contribution in [1.82, 2.24) is 19.8 Å². The van der Waals surface area contributed by atoms with Gasteiger partial charge in [0.2, 0.25) is 11.1 Å². The molecule has 0 bridgehead atoms. The van der Waals surface area contributed by atoms with Gasteiger partial charge in [-0.3, -0.25) is 4.79 Å². The summed E-state index contributed by atoms with van der Waals surface area (Å²) in [5, 5.41) is 8.84. The number of nitrogens with zero attached hydrogens (tertiary/aromatic N) is 4. The average Bonchev–Trinajstić information content (AvgIpc) is 3.12. The van der Waals surface area contributed by atoms with Crippen LogP contribution in [0.1, 0.15) is 26.3 Å². The predicted octanol–water partition coefficient (Wildman–Crippen LogP) is 3.59. The number of carbonyl (C=O) groups excluding carboxylic acids is 1. The maximum atomic E-state index is 12.8. The molecule has 2 N–H and O–H groups in total. The Kier molecular flexibility index (Phi) is 7.35. The van der Waals surface area contributed by atoms with Crippen LogP contribution in [0.5, 0.6) is 5.75 Å². The van der Waals surface area contributed by atoms with Gasteiger partial charge in [0.15, 0.2) is 5.82 Å². The largest absolute Gasteiger partial charge is 0.494 e. The number of benzene rings is 2. The van der Waals surface area contributed by atoms with E-state index >= 15 is 0 Å². The van der Waals surface area contributed by atoms with Gasteiger partial charge in [-0.15, -0.1) is 10.2 Å². The number of ether oxygens (including phenoxy) is 1. The highest BCUT2D eigenvalue weighted by Gasteiger charge is 2.20. The molecule has 3 rings (SSSR count). The summed E-state index contributed by atoms with van der Waals surface area (Å²) < 4.78 is 6.88. The number of carbonyl (C=O) groups is 1. The van der Waals surface area contributed by atoms with Crippen molar-refractivity contribution in [2.24, 2.45) is 0 Å². The van der Waals surface area contributed by atoms with Crippen LogP contribution in [0.15, 0.2) is 59.8 Å². The van der Waals surface area contributed by atoms with Gasteiger partial charge in [0.25, 0.3) is 0 Å². The van der Waals surface area contributed by atoms with Crippen LogP contribution in [0.2, 0.25) is 0 Å². The second-order valence-corrected chi connectivity index (χ2v) is 7.97. The highest BCUT2D eigenvalue weighted by atomic mass is 32.2. The molecule has 0 aliphatic carbocycles. The fraction of sp³-hybridized carbons (Fsp3) is 0.318. The number of nitrogens with two attached hydrogens (primary N) is 1. The molecule has 8 heteroatoms. The lowest BCUT2D eigenvalue weighted by atomic mass is 10.2. The Hall–Kier alpha value is -3.00. The van der Waals surface area contributed by atoms with E-state index in [1.165, 1.54) is 16.4 Å². The summed E-state index contributed by atoms with van der Waals surface area (Å²) in [5.41, 5.74) is 1.93. The summed E-state index contributed by atoms with van der Waals surface area (Å²) in [4.78, 5) is 14.7. The molecule has 3 aromatic rings. The van der Waals surface area contributed by atoms with Crippen LogP contribution in [-0.2, 0) is 11.3 Å². The first-order valence-electron chi connectivity index (χ1n) is 9.89. The third-order valence-corrected chi connectivity index (χ3v) is 5.48. The minimum Gasteiger partial charge on any atom is -0.494 e. The summed E-state index contributed by atoms with van der Waals surface area (Å²) in [7, 11) is 0. The van der Waals surface area contributed by atoms with Crippen molar-refractivity contribution in [3.63, 3.8) is 0 Å². The van der Waals surface area contributed by atoms with E-state index < -0.39 is 0 Å². The third-order valence-electron chi connectivity index (χ3n) is 4.55. The third kappa shape index (κ3) is 5.33. The molecule has 0 spiro atoms. The molecule has 30 heavy (non-hydrogen) atoms. The molecular weight excluding hydrogens is 398 g/mol. The second kappa shape index (κ2) is 10.2. The van der Waals surface area contributed by atoms with Crippen molar-refractivity contribution >= 4 is 17.7 Å². The van der Waals surface area contributed by atoms with E-state index in [1.807, 2.05) is 80.3 Å². The molecule has 0 saturated carbocycles. The zero-order valence-corrected chi connectivity index (χ0v) is 18.3. The molecule has 2 aromatic carbocycles. The van der Waals surface area contributed by atoms with E-state index in [-0.39, 0.29) is 17.7 Å². The van der Waals surface area contributed by atoms with Gasteiger partial charge >= 0.3 is 0 Å². The van der Waals surface area contributed by atoms with E-state index in [2.05, 4.69) is 10.2 Å². The van der Waals surface area contributed by atoms with Crippen molar-refractivity contribution in [2.45, 2.75) is 38.5 Å². The van der Waals surface area contributed by atoms with Crippen LogP contribution in [0.25, 0.3) is 11.4 Å². The lowest BCUT2D eigenvalue weighted by Crippen LogP contribution is -2.37. The normalized spacial score (nSPS) is 10.9. The van der Waals surface area contributed by atoms with Gasteiger partial charge in [0.05, 0.1) is 12.4 Å². The summed E-state index contributed by atoms with van der Waals surface area (Å²) >= 11 is 1.29. The number of hydrogen-bond donors (Lipinski definition) is 1. The van der Waals surface area contributed by atoms with Gasteiger partial charge in [-0.25, -0.2) is 4.68 Å². The van der Waals surface area contributed by atoms with E-state index in [1.54, 1.807) is 0 Å². The lowest BCUT2D eigenvalue weighted by molar-refractivity contribution is -0.130. The summed E-state index contributed by atoms with van der Waals surface area (Å²) in [6, 6.07) is 17.6. The van der Waals surface area contributed by atoms with E-state index in [0.717, 1.165) is 16.9 Å². The van der Waals surface area contributed by atoms with Crippen LogP contribution in [0, 0.1) is 0 Å². The van der Waals surface area contributed by atoms with E-state index in [4.69, 9.17) is 10.6 Å².